The van der Waals surface area contributed by atoms with E-state index in [9.17, 15) is 17.6 Å². The summed E-state index contributed by atoms with van der Waals surface area (Å²) < 4.78 is 39.2. The van der Waals surface area contributed by atoms with Crippen molar-refractivity contribution in [3.05, 3.63) is 65.5 Å². The zero-order chi connectivity index (χ0) is 20.2. The van der Waals surface area contributed by atoms with Gasteiger partial charge in [-0.05, 0) is 35.2 Å². The summed E-state index contributed by atoms with van der Waals surface area (Å²) in [5, 5.41) is 2.56. The van der Waals surface area contributed by atoms with E-state index in [1.165, 1.54) is 22.5 Å². The molecule has 0 spiro atoms. The van der Waals surface area contributed by atoms with E-state index in [0.717, 1.165) is 11.8 Å². The summed E-state index contributed by atoms with van der Waals surface area (Å²) in [6, 6.07) is 12.9. The van der Waals surface area contributed by atoms with Crippen LogP contribution in [0.15, 0.2) is 48.5 Å². The zero-order valence-corrected chi connectivity index (χ0v) is 16.8. The van der Waals surface area contributed by atoms with Crippen LogP contribution >= 0.6 is 0 Å². The molecule has 0 fully saturated rings. The molecule has 0 aromatic heterocycles. The lowest BCUT2D eigenvalue weighted by Crippen LogP contribution is -2.38. The van der Waals surface area contributed by atoms with E-state index in [1.807, 2.05) is 12.1 Å². The van der Waals surface area contributed by atoms with Crippen molar-refractivity contribution in [2.75, 3.05) is 23.7 Å². The van der Waals surface area contributed by atoms with E-state index in [1.54, 1.807) is 18.2 Å². The lowest BCUT2D eigenvalue weighted by molar-refractivity contribution is 0.0951. The van der Waals surface area contributed by atoms with Crippen molar-refractivity contribution in [1.29, 1.82) is 0 Å². The molecule has 0 heterocycles. The third-order valence-electron chi connectivity index (χ3n) is 4.14. The molecule has 0 unspecified atom stereocenters. The van der Waals surface area contributed by atoms with Gasteiger partial charge in [-0.3, -0.25) is 9.10 Å². The predicted octanol–water partition coefficient (Wildman–Crippen LogP) is 3.32. The van der Waals surface area contributed by atoms with Gasteiger partial charge in [0.2, 0.25) is 10.0 Å². The molecule has 7 heteroatoms. The maximum Gasteiger partial charge on any atom is 0.254 e. The van der Waals surface area contributed by atoms with Crippen LogP contribution in [0.5, 0.6) is 0 Å². The molecule has 2 rings (SSSR count). The fourth-order valence-electron chi connectivity index (χ4n) is 2.63. The standard InChI is InChI=1S/C20H25FN2O3S/c1-20(2,3)15-9-11-16(12-10-15)23(27(4,25)26)14-13-22-19(24)17-7-5-6-8-18(17)21/h5-12H,13-14H2,1-4H3,(H,22,24). The van der Waals surface area contributed by atoms with Gasteiger partial charge in [-0.15, -0.1) is 0 Å². The molecule has 0 saturated heterocycles. The third kappa shape index (κ3) is 5.53. The summed E-state index contributed by atoms with van der Waals surface area (Å²) >= 11 is 0. The molecule has 0 aliphatic rings. The minimum atomic E-state index is -3.53. The average Bonchev–Trinajstić information content (AvgIpc) is 2.57. The van der Waals surface area contributed by atoms with Crippen LogP contribution in [-0.2, 0) is 15.4 Å². The van der Waals surface area contributed by atoms with E-state index in [-0.39, 0.29) is 24.1 Å². The lowest BCUT2D eigenvalue weighted by atomic mass is 9.87. The molecule has 0 atom stereocenters. The molecule has 0 bridgehead atoms. The van der Waals surface area contributed by atoms with Crippen LogP contribution in [0.25, 0.3) is 0 Å². The molecule has 5 nitrogen and oxygen atoms in total. The second-order valence-electron chi connectivity index (χ2n) is 7.37. The minimum absolute atomic E-state index is 0.0395. The Balaban J connectivity index is 2.10. The Morgan fingerprint density at radius 3 is 2.19 bits per heavy atom. The number of hydrogen-bond acceptors (Lipinski definition) is 3. The van der Waals surface area contributed by atoms with E-state index in [4.69, 9.17) is 0 Å². The van der Waals surface area contributed by atoms with Crippen molar-refractivity contribution in [3.63, 3.8) is 0 Å². The number of nitrogens with zero attached hydrogens (tertiary/aromatic N) is 1. The number of anilines is 1. The Bertz CT molecular complexity index is 904. The molecule has 0 saturated carbocycles. The second-order valence-corrected chi connectivity index (χ2v) is 9.27. The second kappa shape index (κ2) is 8.08. The van der Waals surface area contributed by atoms with Gasteiger partial charge >= 0.3 is 0 Å². The monoisotopic (exact) mass is 392 g/mol. The molecule has 1 N–H and O–H groups in total. The Morgan fingerprint density at radius 1 is 1.07 bits per heavy atom. The smallest absolute Gasteiger partial charge is 0.254 e. The molecule has 27 heavy (non-hydrogen) atoms. The first-order chi connectivity index (χ1) is 12.5. The van der Waals surface area contributed by atoms with Gasteiger partial charge < -0.3 is 5.32 Å². The number of halogens is 1. The van der Waals surface area contributed by atoms with Crippen molar-refractivity contribution in [2.45, 2.75) is 26.2 Å². The van der Waals surface area contributed by atoms with Crippen molar-refractivity contribution in [2.24, 2.45) is 0 Å². The van der Waals surface area contributed by atoms with Gasteiger partial charge in [0, 0.05) is 6.54 Å². The molecular formula is C20H25FN2O3S. The molecule has 0 aliphatic carbocycles. The Labute approximate surface area is 160 Å². The summed E-state index contributed by atoms with van der Waals surface area (Å²) in [5.74, 6) is -1.20. The molecule has 1 amide bonds. The molecule has 2 aromatic carbocycles. The molecule has 2 aromatic rings. The van der Waals surface area contributed by atoms with Gasteiger partial charge in [0.25, 0.3) is 5.91 Å². The number of amides is 1. The summed E-state index contributed by atoms with van der Waals surface area (Å²) in [4.78, 5) is 12.1. The highest BCUT2D eigenvalue weighted by atomic mass is 32.2. The zero-order valence-electron chi connectivity index (χ0n) is 16.0. The molecule has 0 aliphatic heterocycles. The number of sulfonamides is 1. The Kier molecular flexibility index (Phi) is 6.26. The molecular weight excluding hydrogens is 367 g/mol. The summed E-state index contributed by atoms with van der Waals surface area (Å²) in [6.07, 6.45) is 1.11. The summed E-state index contributed by atoms with van der Waals surface area (Å²) in [7, 11) is -3.53. The Morgan fingerprint density at radius 2 is 1.67 bits per heavy atom. The third-order valence-corrected chi connectivity index (χ3v) is 5.33. The van der Waals surface area contributed by atoms with Crippen LogP contribution < -0.4 is 9.62 Å². The van der Waals surface area contributed by atoms with Gasteiger partial charge in [0.1, 0.15) is 5.82 Å². The molecule has 0 radical (unpaired) electrons. The van der Waals surface area contributed by atoms with E-state index in [0.29, 0.717) is 5.69 Å². The Hall–Kier alpha value is -2.41. The number of carbonyl (C=O) groups excluding carboxylic acids is 1. The van der Waals surface area contributed by atoms with E-state index >= 15 is 0 Å². The largest absolute Gasteiger partial charge is 0.350 e. The van der Waals surface area contributed by atoms with Crippen molar-refractivity contribution in [1.82, 2.24) is 5.32 Å². The average molecular weight is 392 g/mol. The fourth-order valence-corrected chi connectivity index (χ4v) is 3.55. The summed E-state index contributed by atoms with van der Waals surface area (Å²) in [6.45, 7) is 6.34. The SMILES string of the molecule is CC(C)(C)c1ccc(N(CCNC(=O)c2ccccc2F)S(C)(=O)=O)cc1. The van der Waals surface area contributed by atoms with Crippen LogP contribution in [-0.4, -0.2) is 33.7 Å². The molecule has 146 valence electrons. The van der Waals surface area contributed by atoms with Crippen LogP contribution in [0.3, 0.4) is 0 Å². The lowest BCUT2D eigenvalue weighted by Gasteiger charge is -2.24. The highest BCUT2D eigenvalue weighted by molar-refractivity contribution is 7.92. The van der Waals surface area contributed by atoms with Gasteiger partial charge in [-0.1, -0.05) is 45.0 Å². The first-order valence-electron chi connectivity index (χ1n) is 8.61. The summed E-state index contributed by atoms with van der Waals surface area (Å²) in [5.41, 5.74) is 1.50. The number of carbonyl (C=O) groups is 1. The quantitative estimate of drug-likeness (QED) is 0.820. The number of nitrogens with one attached hydrogen (secondary N) is 1. The van der Waals surface area contributed by atoms with E-state index < -0.39 is 21.7 Å². The van der Waals surface area contributed by atoms with Crippen LogP contribution in [0, 0.1) is 5.82 Å². The van der Waals surface area contributed by atoms with Gasteiger partial charge in [0.15, 0.2) is 0 Å². The van der Waals surface area contributed by atoms with Crippen molar-refractivity contribution in [3.8, 4) is 0 Å². The normalized spacial score (nSPS) is 11.9. The van der Waals surface area contributed by atoms with E-state index in [2.05, 4.69) is 26.1 Å². The van der Waals surface area contributed by atoms with Gasteiger partial charge in [0.05, 0.1) is 24.1 Å². The number of rotatable bonds is 6. The predicted molar refractivity (Wildman–Crippen MR) is 106 cm³/mol. The minimum Gasteiger partial charge on any atom is -0.350 e. The number of hydrogen-bond donors (Lipinski definition) is 1. The van der Waals surface area contributed by atoms with Crippen LogP contribution in [0.1, 0.15) is 36.7 Å². The number of benzene rings is 2. The first kappa shape index (κ1) is 20.9. The highest BCUT2D eigenvalue weighted by Crippen LogP contribution is 2.25. The fraction of sp³-hybridized carbons (Fsp3) is 0.350. The maximum absolute atomic E-state index is 13.6. The topological polar surface area (TPSA) is 66.5 Å². The van der Waals surface area contributed by atoms with Crippen molar-refractivity contribution < 1.29 is 17.6 Å². The van der Waals surface area contributed by atoms with Gasteiger partial charge in [-0.25, -0.2) is 12.8 Å². The highest BCUT2D eigenvalue weighted by Gasteiger charge is 2.20. The first-order valence-corrected chi connectivity index (χ1v) is 10.5. The van der Waals surface area contributed by atoms with Gasteiger partial charge in [-0.2, -0.15) is 0 Å². The van der Waals surface area contributed by atoms with Crippen molar-refractivity contribution >= 4 is 21.6 Å². The maximum atomic E-state index is 13.6. The van der Waals surface area contributed by atoms with Crippen LogP contribution in [0.4, 0.5) is 10.1 Å². The van der Waals surface area contributed by atoms with Crippen LogP contribution in [0.2, 0.25) is 0 Å².